The lowest BCUT2D eigenvalue weighted by atomic mass is 10.1. The van der Waals surface area contributed by atoms with Gasteiger partial charge in [-0.05, 0) is 11.1 Å². The second kappa shape index (κ2) is 5.59. The molecule has 0 heterocycles. The average molecular weight is 224 g/mol. The number of rotatable bonds is 4. The lowest BCUT2D eigenvalue weighted by Crippen LogP contribution is -2.21. The van der Waals surface area contributed by atoms with Crippen molar-refractivity contribution in [2.75, 3.05) is 0 Å². The van der Waals surface area contributed by atoms with E-state index in [2.05, 4.69) is 10.6 Å². The SMILES string of the molecule is O=C(O)NCc1cccc(CNC(=O)O)c1. The van der Waals surface area contributed by atoms with Gasteiger partial charge in [0.2, 0.25) is 0 Å². The Morgan fingerprint density at radius 3 is 1.81 bits per heavy atom. The maximum Gasteiger partial charge on any atom is 0.404 e. The Hall–Kier alpha value is -2.24. The van der Waals surface area contributed by atoms with E-state index >= 15 is 0 Å². The Balaban J connectivity index is 2.56. The van der Waals surface area contributed by atoms with Crippen molar-refractivity contribution in [3.63, 3.8) is 0 Å². The second-order valence-electron chi connectivity index (χ2n) is 3.14. The third-order valence-electron chi connectivity index (χ3n) is 1.88. The molecule has 86 valence electrons. The van der Waals surface area contributed by atoms with Crippen LogP contribution in [-0.2, 0) is 13.1 Å². The largest absolute Gasteiger partial charge is 0.465 e. The number of hydrogen-bond acceptors (Lipinski definition) is 2. The highest BCUT2D eigenvalue weighted by Gasteiger charge is 2.00. The van der Waals surface area contributed by atoms with E-state index in [1.165, 1.54) is 0 Å². The Kier molecular flexibility index (Phi) is 4.14. The van der Waals surface area contributed by atoms with Gasteiger partial charge in [-0.15, -0.1) is 0 Å². The van der Waals surface area contributed by atoms with Gasteiger partial charge in [0.25, 0.3) is 0 Å². The molecule has 0 fully saturated rings. The molecular formula is C10H12N2O4. The van der Waals surface area contributed by atoms with E-state index in [1.54, 1.807) is 24.3 Å². The van der Waals surface area contributed by atoms with Gasteiger partial charge in [-0.3, -0.25) is 0 Å². The Labute approximate surface area is 91.9 Å². The van der Waals surface area contributed by atoms with Crippen LogP contribution in [0.15, 0.2) is 24.3 Å². The molecule has 4 N–H and O–H groups in total. The summed E-state index contributed by atoms with van der Waals surface area (Å²) in [6.07, 6.45) is -2.18. The molecule has 1 aromatic carbocycles. The molecule has 0 unspecified atom stereocenters. The van der Waals surface area contributed by atoms with Crippen molar-refractivity contribution >= 4 is 12.2 Å². The minimum absolute atomic E-state index is 0.205. The van der Waals surface area contributed by atoms with Crippen molar-refractivity contribution in [2.24, 2.45) is 0 Å². The molecule has 6 nitrogen and oxygen atoms in total. The Morgan fingerprint density at radius 1 is 1.00 bits per heavy atom. The van der Waals surface area contributed by atoms with Crippen LogP contribution in [0.5, 0.6) is 0 Å². The Bertz CT molecular complexity index is 359. The fourth-order valence-electron chi connectivity index (χ4n) is 1.20. The summed E-state index contributed by atoms with van der Waals surface area (Å²) in [5.41, 5.74) is 1.57. The van der Waals surface area contributed by atoms with Gasteiger partial charge in [0, 0.05) is 13.1 Å². The maximum absolute atomic E-state index is 10.3. The van der Waals surface area contributed by atoms with E-state index in [1.807, 2.05) is 0 Å². The zero-order valence-electron chi connectivity index (χ0n) is 8.43. The first kappa shape index (κ1) is 11.8. The highest BCUT2D eigenvalue weighted by atomic mass is 16.4. The molecule has 0 spiro atoms. The highest BCUT2D eigenvalue weighted by Crippen LogP contribution is 2.04. The summed E-state index contributed by atoms with van der Waals surface area (Å²) in [4.78, 5) is 20.5. The first-order valence-electron chi connectivity index (χ1n) is 4.59. The molecule has 0 saturated heterocycles. The summed E-state index contributed by atoms with van der Waals surface area (Å²) >= 11 is 0. The van der Waals surface area contributed by atoms with E-state index in [0.717, 1.165) is 11.1 Å². The fourth-order valence-corrected chi connectivity index (χ4v) is 1.20. The molecule has 0 aliphatic rings. The van der Waals surface area contributed by atoms with Gasteiger partial charge >= 0.3 is 12.2 Å². The highest BCUT2D eigenvalue weighted by molar-refractivity contribution is 5.64. The van der Waals surface area contributed by atoms with Gasteiger partial charge in [0.05, 0.1) is 0 Å². The van der Waals surface area contributed by atoms with Crippen molar-refractivity contribution < 1.29 is 19.8 Å². The smallest absolute Gasteiger partial charge is 0.404 e. The van der Waals surface area contributed by atoms with Crippen LogP contribution in [0.1, 0.15) is 11.1 Å². The molecule has 0 aromatic heterocycles. The molecule has 1 rings (SSSR count). The minimum Gasteiger partial charge on any atom is -0.465 e. The second-order valence-corrected chi connectivity index (χ2v) is 3.14. The van der Waals surface area contributed by atoms with Crippen LogP contribution in [0.3, 0.4) is 0 Å². The fraction of sp³-hybridized carbons (Fsp3) is 0.200. The normalized spacial score (nSPS) is 9.50. The van der Waals surface area contributed by atoms with E-state index in [0.29, 0.717) is 0 Å². The maximum atomic E-state index is 10.3. The molecule has 0 atom stereocenters. The topological polar surface area (TPSA) is 98.7 Å². The van der Waals surface area contributed by atoms with Crippen LogP contribution in [0.25, 0.3) is 0 Å². The van der Waals surface area contributed by atoms with Crippen LogP contribution < -0.4 is 10.6 Å². The van der Waals surface area contributed by atoms with Crippen molar-refractivity contribution in [1.82, 2.24) is 10.6 Å². The zero-order valence-corrected chi connectivity index (χ0v) is 8.43. The summed E-state index contributed by atoms with van der Waals surface area (Å²) in [6, 6.07) is 7.02. The van der Waals surface area contributed by atoms with Crippen molar-refractivity contribution in [3.8, 4) is 0 Å². The molecule has 0 aliphatic heterocycles. The van der Waals surface area contributed by atoms with Crippen LogP contribution in [0, 0.1) is 0 Å². The van der Waals surface area contributed by atoms with Gasteiger partial charge in [0.1, 0.15) is 0 Å². The van der Waals surface area contributed by atoms with Crippen molar-refractivity contribution in [2.45, 2.75) is 13.1 Å². The molecule has 0 bridgehead atoms. The summed E-state index contributed by atoms with van der Waals surface area (Å²) in [6.45, 7) is 0.409. The van der Waals surface area contributed by atoms with Crippen molar-refractivity contribution in [1.29, 1.82) is 0 Å². The molecule has 16 heavy (non-hydrogen) atoms. The number of hydrogen-bond donors (Lipinski definition) is 4. The summed E-state index contributed by atoms with van der Waals surface area (Å²) < 4.78 is 0. The third-order valence-corrected chi connectivity index (χ3v) is 1.88. The molecule has 0 aliphatic carbocycles. The van der Waals surface area contributed by atoms with Gasteiger partial charge < -0.3 is 20.8 Å². The standard InChI is InChI=1S/C10H12N2O4/c13-9(14)11-5-7-2-1-3-8(4-7)6-12-10(15)16/h1-4,11-12H,5-6H2,(H,13,14)(H,15,16). The van der Waals surface area contributed by atoms with E-state index in [9.17, 15) is 9.59 Å². The van der Waals surface area contributed by atoms with Crippen molar-refractivity contribution in [3.05, 3.63) is 35.4 Å². The number of carbonyl (C=O) groups is 2. The first-order valence-corrected chi connectivity index (χ1v) is 4.59. The van der Waals surface area contributed by atoms with E-state index in [-0.39, 0.29) is 13.1 Å². The Morgan fingerprint density at radius 2 is 1.44 bits per heavy atom. The molecule has 2 amide bonds. The van der Waals surface area contributed by atoms with Gasteiger partial charge in [-0.2, -0.15) is 0 Å². The van der Waals surface area contributed by atoms with E-state index < -0.39 is 12.2 Å². The molecule has 0 saturated carbocycles. The van der Waals surface area contributed by atoms with Crippen LogP contribution >= 0.6 is 0 Å². The van der Waals surface area contributed by atoms with Crippen LogP contribution in [0.4, 0.5) is 9.59 Å². The summed E-state index contributed by atoms with van der Waals surface area (Å²) in [5.74, 6) is 0. The van der Waals surface area contributed by atoms with Gasteiger partial charge in [-0.25, -0.2) is 9.59 Å². The third kappa shape index (κ3) is 4.32. The summed E-state index contributed by atoms with van der Waals surface area (Å²) in [5, 5.41) is 21.3. The number of nitrogens with one attached hydrogen (secondary N) is 2. The van der Waals surface area contributed by atoms with Crippen LogP contribution in [-0.4, -0.2) is 22.4 Å². The van der Waals surface area contributed by atoms with E-state index in [4.69, 9.17) is 10.2 Å². The molecule has 6 heteroatoms. The van der Waals surface area contributed by atoms with Gasteiger partial charge in [0.15, 0.2) is 0 Å². The molecular weight excluding hydrogens is 212 g/mol. The first-order chi connectivity index (χ1) is 7.58. The monoisotopic (exact) mass is 224 g/mol. The average Bonchev–Trinajstić information content (AvgIpc) is 2.24. The lowest BCUT2D eigenvalue weighted by molar-refractivity contribution is 0.193. The van der Waals surface area contributed by atoms with Gasteiger partial charge in [-0.1, -0.05) is 24.3 Å². The predicted octanol–water partition coefficient (Wildman–Crippen LogP) is 1.22. The number of benzene rings is 1. The quantitative estimate of drug-likeness (QED) is 0.618. The number of amides is 2. The molecule has 1 aromatic rings. The predicted molar refractivity (Wildman–Crippen MR) is 56.2 cm³/mol. The minimum atomic E-state index is -1.09. The van der Waals surface area contributed by atoms with Crippen LogP contribution in [0.2, 0.25) is 0 Å². The number of carboxylic acid groups (broad SMARTS) is 2. The lowest BCUT2D eigenvalue weighted by Gasteiger charge is -2.05. The molecule has 0 radical (unpaired) electrons. The summed E-state index contributed by atoms with van der Waals surface area (Å²) in [7, 11) is 0. The zero-order chi connectivity index (χ0) is 12.0.